The number of halogens is 5. The molecule has 0 heterocycles. The summed E-state index contributed by atoms with van der Waals surface area (Å²) in [4.78, 5) is 0. The lowest BCUT2D eigenvalue weighted by molar-refractivity contribution is -0.0500. The molecule has 96 valence electrons. The summed E-state index contributed by atoms with van der Waals surface area (Å²) in [6, 6.07) is 3.56. The summed E-state index contributed by atoms with van der Waals surface area (Å²) in [5.74, 6) is 0.0998. The van der Waals surface area contributed by atoms with Crippen LogP contribution in [0.4, 0.5) is 17.6 Å². The molecule has 0 saturated heterocycles. The van der Waals surface area contributed by atoms with Crippen LogP contribution in [-0.2, 0) is 6.42 Å². The van der Waals surface area contributed by atoms with Gasteiger partial charge in [0.15, 0.2) is 0 Å². The van der Waals surface area contributed by atoms with Crippen LogP contribution in [0, 0.1) is 0 Å². The van der Waals surface area contributed by atoms with Crippen molar-refractivity contribution in [3.05, 3.63) is 29.3 Å². The predicted molar refractivity (Wildman–Crippen MR) is 57.1 cm³/mol. The molecule has 1 rings (SSSR count). The number of alkyl halides is 5. The second kappa shape index (κ2) is 6.69. The zero-order chi connectivity index (χ0) is 12.8. The van der Waals surface area contributed by atoms with E-state index >= 15 is 0 Å². The molecule has 0 aliphatic carbocycles. The highest BCUT2D eigenvalue weighted by molar-refractivity contribution is 6.17. The number of aryl methyl sites for hydroxylation is 1. The van der Waals surface area contributed by atoms with Crippen molar-refractivity contribution < 1.29 is 22.3 Å². The Labute approximate surface area is 101 Å². The van der Waals surface area contributed by atoms with Crippen LogP contribution in [0.2, 0.25) is 0 Å². The summed E-state index contributed by atoms with van der Waals surface area (Å²) in [6.45, 7) is -3.02. The molecule has 0 aliphatic heterocycles. The maximum absolute atomic E-state index is 12.7. The van der Waals surface area contributed by atoms with Gasteiger partial charge in [0.25, 0.3) is 6.43 Å². The van der Waals surface area contributed by atoms with Crippen molar-refractivity contribution in [2.45, 2.75) is 25.9 Å². The SMILES string of the molecule is FC(F)Oc1ccc(CCCCl)c(C(F)F)c1. The van der Waals surface area contributed by atoms with Gasteiger partial charge in [-0.1, -0.05) is 6.07 Å². The van der Waals surface area contributed by atoms with Crippen molar-refractivity contribution >= 4 is 11.6 Å². The van der Waals surface area contributed by atoms with Crippen molar-refractivity contribution in [1.82, 2.24) is 0 Å². The highest BCUT2D eigenvalue weighted by Gasteiger charge is 2.15. The van der Waals surface area contributed by atoms with Gasteiger partial charge in [-0.2, -0.15) is 8.78 Å². The minimum absolute atomic E-state index is 0.259. The first-order valence-corrected chi connectivity index (χ1v) is 5.49. The van der Waals surface area contributed by atoms with E-state index in [1.54, 1.807) is 0 Å². The van der Waals surface area contributed by atoms with Gasteiger partial charge in [0.1, 0.15) is 5.75 Å². The highest BCUT2D eigenvalue weighted by atomic mass is 35.5. The van der Waals surface area contributed by atoms with Crippen LogP contribution in [0.5, 0.6) is 5.75 Å². The molecule has 17 heavy (non-hydrogen) atoms. The van der Waals surface area contributed by atoms with Crippen LogP contribution in [-0.4, -0.2) is 12.5 Å². The normalized spacial score (nSPS) is 11.2. The zero-order valence-corrected chi connectivity index (χ0v) is 9.56. The van der Waals surface area contributed by atoms with Gasteiger partial charge in [-0.3, -0.25) is 0 Å². The van der Waals surface area contributed by atoms with Gasteiger partial charge in [-0.15, -0.1) is 11.6 Å². The maximum atomic E-state index is 12.7. The standard InChI is InChI=1S/C11H11ClF4O/c12-5-1-2-7-3-4-8(17-11(15)16)6-9(7)10(13)14/h3-4,6,10-11H,1-2,5H2. The smallest absolute Gasteiger partial charge is 0.387 e. The predicted octanol–water partition coefficient (Wildman–Crippen LogP) is 4.40. The zero-order valence-electron chi connectivity index (χ0n) is 8.81. The van der Waals surface area contributed by atoms with E-state index in [1.165, 1.54) is 12.1 Å². The Hall–Kier alpha value is -0.970. The van der Waals surface area contributed by atoms with E-state index in [9.17, 15) is 17.6 Å². The topological polar surface area (TPSA) is 9.23 Å². The molecule has 1 aromatic rings. The lowest BCUT2D eigenvalue weighted by Gasteiger charge is -2.11. The third-order valence-corrected chi connectivity index (χ3v) is 2.42. The Morgan fingerprint density at radius 2 is 1.88 bits per heavy atom. The van der Waals surface area contributed by atoms with Crippen molar-refractivity contribution in [2.24, 2.45) is 0 Å². The monoisotopic (exact) mass is 270 g/mol. The first kappa shape index (κ1) is 14.1. The molecular weight excluding hydrogens is 260 g/mol. The molecule has 0 spiro atoms. The Morgan fingerprint density at radius 1 is 1.18 bits per heavy atom. The van der Waals surface area contributed by atoms with E-state index in [0.717, 1.165) is 6.07 Å². The van der Waals surface area contributed by atoms with Gasteiger partial charge < -0.3 is 4.74 Å². The molecule has 0 aromatic heterocycles. The molecule has 0 unspecified atom stereocenters. The fraction of sp³-hybridized carbons (Fsp3) is 0.455. The molecule has 6 heteroatoms. The summed E-state index contributed by atoms with van der Waals surface area (Å²) in [5, 5.41) is 0. The molecule has 0 N–H and O–H groups in total. The molecule has 0 saturated carbocycles. The average molecular weight is 271 g/mol. The van der Waals surface area contributed by atoms with Crippen molar-refractivity contribution in [3.63, 3.8) is 0 Å². The van der Waals surface area contributed by atoms with Crippen LogP contribution >= 0.6 is 11.6 Å². The highest BCUT2D eigenvalue weighted by Crippen LogP contribution is 2.28. The van der Waals surface area contributed by atoms with Crippen molar-refractivity contribution in [3.8, 4) is 5.75 Å². The Kier molecular flexibility index (Phi) is 5.55. The van der Waals surface area contributed by atoms with Gasteiger partial charge in [0.05, 0.1) is 0 Å². The van der Waals surface area contributed by atoms with Gasteiger partial charge >= 0.3 is 6.61 Å². The summed E-state index contributed by atoms with van der Waals surface area (Å²) >= 11 is 5.47. The van der Waals surface area contributed by atoms with Crippen molar-refractivity contribution in [2.75, 3.05) is 5.88 Å². The van der Waals surface area contributed by atoms with E-state index in [1.807, 2.05) is 0 Å². The summed E-state index contributed by atoms with van der Waals surface area (Å²) in [5.41, 5.74) is 0.121. The summed E-state index contributed by atoms with van der Waals surface area (Å²) in [7, 11) is 0. The van der Waals surface area contributed by atoms with Gasteiger partial charge in [0.2, 0.25) is 0 Å². The second-order valence-corrected chi connectivity index (χ2v) is 3.71. The molecule has 0 atom stereocenters. The molecule has 0 aliphatic rings. The molecule has 0 radical (unpaired) electrons. The van der Waals surface area contributed by atoms with E-state index in [4.69, 9.17) is 11.6 Å². The second-order valence-electron chi connectivity index (χ2n) is 3.33. The molecule has 1 nitrogen and oxygen atoms in total. The van der Waals surface area contributed by atoms with Crippen LogP contribution in [0.1, 0.15) is 24.0 Å². The summed E-state index contributed by atoms with van der Waals surface area (Å²) in [6.07, 6.45) is -1.78. The molecule has 0 amide bonds. The Bertz CT molecular complexity index is 357. The third-order valence-electron chi connectivity index (χ3n) is 2.16. The fourth-order valence-corrected chi connectivity index (χ4v) is 1.57. The lowest BCUT2D eigenvalue weighted by Crippen LogP contribution is -2.04. The lowest BCUT2D eigenvalue weighted by atomic mass is 10.0. The minimum Gasteiger partial charge on any atom is -0.435 e. The van der Waals surface area contributed by atoms with Gasteiger partial charge in [-0.25, -0.2) is 8.78 Å². The summed E-state index contributed by atoms with van der Waals surface area (Å²) < 4.78 is 53.3. The van der Waals surface area contributed by atoms with E-state index < -0.39 is 13.0 Å². The van der Waals surface area contributed by atoms with Gasteiger partial charge in [-0.05, 0) is 30.5 Å². The fourth-order valence-electron chi connectivity index (χ4n) is 1.44. The number of ether oxygens (including phenoxy) is 1. The van der Waals surface area contributed by atoms with Crippen molar-refractivity contribution in [1.29, 1.82) is 0 Å². The number of rotatable bonds is 6. The van der Waals surface area contributed by atoms with Gasteiger partial charge in [0, 0.05) is 11.4 Å². The van der Waals surface area contributed by atoms with Crippen LogP contribution in [0.25, 0.3) is 0 Å². The average Bonchev–Trinajstić information content (AvgIpc) is 2.26. The molecular formula is C11H11ClF4O. The quantitative estimate of drug-likeness (QED) is 0.550. The number of hydrogen-bond acceptors (Lipinski definition) is 1. The first-order valence-electron chi connectivity index (χ1n) is 4.96. The number of hydrogen-bond donors (Lipinski definition) is 0. The van der Waals surface area contributed by atoms with Crippen LogP contribution < -0.4 is 4.74 Å². The Balaban J connectivity index is 2.91. The van der Waals surface area contributed by atoms with E-state index in [-0.39, 0.29) is 11.3 Å². The Morgan fingerprint density at radius 3 is 2.41 bits per heavy atom. The minimum atomic E-state index is -3.02. The number of benzene rings is 1. The van der Waals surface area contributed by atoms with Crippen LogP contribution in [0.15, 0.2) is 18.2 Å². The molecule has 1 aromatic carbocycles. The van der Waals surface area contributed by atoms with E-state index in [0.29, 0.717) is 24.3 Å². The molecule has 0 bridgehead atoms. The third kappa shape index (κ3) is 4.42. The van der Waals surface area contributed by atoms with Crippen LogP contribution in [0.3, 0.4) is 0 Å². The largest absolute Gasteiger partial charge is 0.435 e. The molecule has 0 fully saturated rings. The maximum Gasteiger partial charge on any atom is 0.387 e. The van der Waals surface area contributed by atoms with E-state index in [2.05, 4.69) is 4.74 Å². The first-order chi connectivity index (χ1) is 8.04.